The number of hydrogen-bond donors (Lipinski definition) is 0. The van der Waals surface area contributed by atoms with Crippen molar-refractivity contribution in [2.45, 2.75) is 116 Å². The molecule has 0 radical (unpaired) electrons. The van der Waals surface area contributed by atoms with Crippen LogP contribution in [-0.2, 0) is 32.5 Å². The van der Waals surface area contributed by atoms with Gasteiger partial charge in [-0.05, 0) is 167 Å². The average Bonchev–Trinajstić information content (AvgIpc) is 1.49. The molecular formula is C135H108N12. The first kappa shape index (κ1) is 90.7. The zero-order valence-corrected chi connectivity index (χ0v) is 84.4. The van der Waals surface area contributed by atoms with Gasteiger partial charge in [-0.2, -0.15) is 0 Å². The number of para-hydroxylation sites is 3. The number of benzene rings is 18. The molecule has 6 aromatic heterocycles. The third-order valence-electron chi connectivity index (χ3n) is 33.0. The summed E-state index contributed by atoms with van der Waals surface area (Å²) in [4.78, 5) is 44.8. The largest absolute Gasteiger partial charge is 0.309 e. The Kier molecular flexibility index (Phi) is 21.7. The molecule has 0 bridgehead atoms. The fourth-order valence-electron chi connectivity index (χ4n) is 23.2. The van der Waals surface area contributed by atoms with E-state index >= 15 is 0 Å². The molecule has 0 aliphatic heterocycles. The Labute approximate surface area is 856 Å². The molecule has 0 saturated heterocycles. The van der Waals surface area contributed by atoms with Gasteiger partial charge in [0.1, 0.15) is 0 Å². The van der Waals surface area contributed by atoms with Crippen LogP contribution in [0.4, 0.5) is 0 Å². The van der Waals surface area contributed by atoms with Crippen LogP contribution in [0.3, 0.4) is 0 Å². The molecule has 18 aromatic carbocycles. The van der Waals surface area contributed by atoms with Crippen LogP contribution in [0.25, 0.3) is 218 Å². The quantitative estimate of drug-likeness (QED) is 0.117. The minimum atomic E-state index is -0.144. The summed E-state index contributed by atoms with van der Waals surface area (Å²) in [7, 11) is 0. The summed E-state index contributed by atoms with van der Waals surface area (Å²) in [6, 6.07) is 154. The molecule has 0 unspecified atom stereocenters. The van der Waals surface area contributed by atoms with Crippen molar-refractivity contribution in [3.8, 4) is 153 Å². The molecule has 3 aliphatic rings. The topological polar surface area (TPSA) is 131 Å². The van der Waals surface area contributed by atoms with Crippen molar-refractivity contribution in [1.82, 2.24) is 58.6 Å². The SMILES string of the molecule is CC1(C)c2ccccc2-c2c(ccc3c4ccccc4n(-c4cccc(-c5nc(-c6ccccc6)nc(-c6ccccc6)n5)c4)c23)C1(C)C.CC1(C)c2ccccc2-c2cc3c(cc2C1(C)C)c1ccccc1n3-c1cccc(-c2nc(-c3ccccc3)nc(-c3ccccc3)n2)c1.CC1(C)c2ccccc2-c2ccc3c4ccccc4n(-c4ccc(-c5nc(-c6ccccc6)nc(-c6ccccc6)n5)cc4)c3c2C1(C)C. The fourth-order valence-corrected chi connectivity index (χ4v) is 23.2. The Hall–Kier alpha value is -17.6. The first-order valence-corrected chi connectivity index (χ1v) is 50.9. The Morgan fingerprint density at radius 1 is 0.156 bits per heavy atom. The summed E-state index contributed by atoms with van der Waals surface area (Å²) in [5, 5.41) is 7.54. The maximum absolute atomic E-state index is 5.05. The molecule has 27 rings (SSSR count). The van der Waals surface area contributed by atoms with Crippen LogP contribution in [-0.4, -0.2) is 58.6 Å². The van der Waals surface area contributed by atoms with Gasteiger partial charge in [0.15, 0.2) is 52.4 Å². The van der Waals surface area contributed by atoms with Crippen LogP contribution in [0.5, 0.6) is 0 Å². The second-order valence-electron chi connectivity index (χ2n) is 42.4. The molecule has 12 nitrogen and oxygen atoms in total. The minimum absolute atomic E-state index is 0.0290. The van der Waals surface area contributed by atoms with Gasteiger partial charge in [-0.3, -0.25) is 0 Å². The number of rotatable bonds is 12. The van der Waals surface area contributed by atoms with Gasteiger partial charge >= 0.3 is 0 Å². The van der Waals surface area contributed by atoms with Gasteiger partial charge in [-0.15, -0.1) is 0 Å². The number of hydrogen-bond acceptors (Lipinski definition) is 9. The maximum Gasteiger partial charge on any atom is 0.164 e. The summed E-state index contributed by atoms with van der Waals surface area (Å²) in [5.41, 5.74) is 34.8. The van der Waals surface area contributed by atoms with Crippen molar-refractivity contribution in [3.05, 3.63) is 470 Å². The fraction of sp³-hybridized carbons (Fsp3) is 0.133. The van der Waals surface area contributed by atoms with Crippen molar-refractivity contribution in [1.29, 1.82) is 0 Å². The lowest BCUT2D eigenvalue weighted by molar-refractivity contribution is 0.299. The normalized spacial score (nSPS) is 14.4. The average molecular weight is 1900 g/mol. The summed E-state index contributed by atoms with van der Waals surface area (Å²) in [6.07, 6.45) is 0. The second kappa shape index (κ2) is 35.2. The van der Waals surface area contributed by atoms with Crippen LogP contribution < -0.4 is 0 Å². The molecular weight excluding hydrogens is 1790 g/mol. The predicted octanol–water partition coefficient (Wildman–Crippen LogP) is 33.6. The van der Waals surface area contributed by atoms with E-state index in [1.54, 1.807) is 0 Å². The third-order valence-corrected chi connectivity index (χ3v) is 33.0. The van der Waals surface area contributed by atoms with E-state index in [1.807, 2.05) is 182 Å². The lowest BCUT2D eigenvalue weighted by Crippen LogP contribution is -2.43. The van der Waals surface area contributed by atoms with E-state index in [-0.39, 0.29) is 32.5 Å². The lowest BCUT2D eigenvalue weighted by Gasteiger charge is -2.48. The lowest BCUT2D eigenvalue weighted by atomic mass is 9.55. The summed E-state index contributed by atoms with van der Waals surface area (Å²) >= 11 is 0. The van der Waals surface area contributed by atoms with Crippen molar-refractivity contribution < 1.29 is 0 Å². The van der Waals surface area contributed by atoms with Gasteiger partial charge < -0.3 is 13.7 Å². The van der Waals surface area contributed by atoms with Crippen molar-refractivity contribution >= 4 is 65.4 Å². The van der Waals surface area contributed by atoms with E-state index in [4.69, 9.17) is 44.9 Å². The highest BCUT2D eigenvalue weighted by Gasteiger charge is 2.50. The molecule has 0 N–H and O–H groups in total. The summed E-state index contributed by atoms with van der Waals surface area (Å²) < 4.78 is 7.33. The van der Waals surface area contributed by atoms with Gasteiger partial charge in [-0.1, -0.05) is 441 Å². The molecule has 0 spiro atoms. The molecule has 0 amide bonds. The smallest absolute Gasteiger partial charge is 0.164 e. The monoisotopic (exact) mass is 1900 g/mol. The van der Waals surface area contributed by atoms with Gasteiger partial charge in [0.05, 0.1) is 33.1 Å². The van der Waals surface area contributed by atoms with E-state index in [0.717, 1.165) is 67.1 Å². The highest BCUT2D eigenvalue weighted by Crippen LogP contribution is 2.61. The Balaban J connectivity index is 0.000000115. The molecule has 0 atom stereocenters. The predicted molar refractivity (Wildman–Crippen MR) is 606 cm³/mol. The van der Waals surface area contributed by atoms with Crippen LogP contribution in [0.2, 0.25) is 0 Å². The third kappa shape index (κ3) is 14.9. The van der Waals surface area contributed by atoms with E-state index < -0.39 is 0 Å². The Morgan fingerprint density at radius 3 is 0.871 bits per heavy atom. The summed E-state index contributed by atoms with van der Waals surface area (Å²) in [5.74, 6) is 5.88. The number of fused-ring (bicyclic) bond motifs is 20. The van der Waals surface area contributed by atoms with Crippen LogP contribution in [0, 0.1) is 0 Å². The van der Waals surface area contributed by atoms with Gasteiger partial charge in [0, 0.05) is 110 Å². The van der Waals surface area contributed by atoms with E-state index in [1.165, 1.54) is 132 Å². The summed E-state index contributed by atoms with van der Waals surface area (Å²) in [6.45, 7) is 28.8. The molecule has 24 aromatic rings. The van der Waals surface area contributed by atoms with E-state index in [2.05, 4.69) is 352 Å². The van der Waals surface area contributed by atoms with Crippen molar-refractivity contribution in [2.75, 3.05) is 0 Å². The zero-order valence-electron chi connectivity index (χ0n) is 84.4. The standard InChI is InChI=1S/3C45H36N4/c1-44(2)36-24-13-11-23-35(36)39-37(45(44,3)4)27-26-34-33-22-12-14-25-38(33)49(40(34)39)32-21-15-20-31(28-32)43-47-41(29-16-7-5-8-17-29)46-42(48-43)30-18-9-6-10-19-30;1-44(2)37-24-13-11-22-33(37)35-28-40-36(27-38(35)45(44,3)4)34-23-12-14-25-39(34)49(40)32-21-15-20-31(26-32)43-47-41(29-16-7-5-8-17-29)46-42(48-43)30-18-9-6-10-19-30;1-44(2)37-21-13-11-19-33(37)35-27-28-36-34-20-12-14-22-38(34)49(40(36)39(35)45(44,3)4)32-25-23-31(24-26-32)43-47-41(29-15-7-5-8-16-29)46-42(48-43)30-17-9-6-10-18-30/h3*5-28H,1-4H3. The van der Waals surface area contributed by atoms with E-state index in [0.29, 0.717) is 52.4 Å². The molecule has 0 saturated carbocycles. The van der Waals surface area contributed by atoms with Crippen LogP contribution >= 0.6 is 0 Å². The molecule has 708 valence electrons. The van der Waals surface area contributed by atoms with Crippen LogP contribution in [0.15, 0.2) is 437 Å². The van der Waals surface area contributed by atoms with Crippen molar-refractivity contribution in [2.24, 2.45) is 0 Å². The van der Waals surface area contributed by atoms with Gasteiger partial charge in [0.2, 0.25) is 0 Å². The molecule has 12 heteroatoms. The maximum atomic E-state index is 5.05. The first-order valence-electron chi connectivity index (χ1n) is 50.9. The molecule has 6 heterocycles. The minimum Gasteiger partial charge on any atom is -0.309 e. The van der Waals surface area contributed by atoms with Crippen LogP contribution in [0.1, 0.15) is 116 Å². The molecule has 147 heavy (non-hydrogen) atoms. The van der Waals surface area contributed by atoms with E-state index in [9.17, 15) is 0 Å². The highest BCUT2D eigenvalue weighted by molar-refractivity contribution is 6.17. The Bertz CT molecular complexity index is 9140. The molecule has 0 fully saturated rings. The number of aromatic nitrogens is 12. The second-order valence-corrected chi connectivity index (χ2v) is 42.4. The van der Waals surface area contributed by atoms with Gasteiger partial charge in [-0.25, -0.2) is 44.9 Å². The molecule has 3 aliphatic carbocycles. The van der Waals surface area contributed by atoms with Crippen molar-refractivity contribution in [3.63, 3.8) is 0 Å². The number of nitrogens with zero attached hydrogens (tertiary/aromatic N) is 12. The zero-order chi connectivity index (χ0) is 100.0. The first-order chi connectivity index (χ1) is 71.5. The Morgan fingerprint density at radius 2 is 0.449 bits per heavy atom. The highest BCUT2D eigenvalue weighted by atomic mass is 15.1. The van der Waals surface area contributed by atoms with Gasteiger partial charge in [0.25, 0.3) is 0 Å².